The van der Waals surface area contributed by atoms with Gasteiger partial charge in [0, 0.05) is 13.1 Å². The van der Waals surface area contributed by atoms with E-state index >= 15 is 0 Å². The van der Waals surface area contributed by atoms with E-state index in [0.717, 1.165) is 13.1 Å². The zero-order valence-corrected chi connectivity index (χ0v) is 6.17. The second-order valence-electron chi connectivity index (χ2n) is 2.47. The van der Waals surface area contributed by atoms with Gasteiger partial charge in [0.15, 0.2) is 0 Å². The maximum atomic E-state index is 10.8. The van der Waals surface area contributed by atoms with Crippen molar-refractivity contribution in [3.05, 3.63) is 6.92 Å². The molecule has 1 aliphatic heterocycles. The molecule has 1 saturated heterocycles. The molecule has 0 atom stereocenters. The molecule has 1 heterocycles. The van der Waals surface area contributed by atoms with Gasteiger partial charge >= 0.3 is 6.09 Å². The minimum absolute atomic E-state index is 0.206. The predicted octanol–water partition coefficient (Wildman–Crippen LogP) is 0.909. The molecule has 0 N–H and O–H groups in total. The lowest BCUT2D eigenvalue weighted by molar-refractivity contribution is 0.0682. The SMILES string of the molecule is [CH2]C1CN(C(=O)OCC)C1. The highest BCUT2D eigenvalue weighted by Gasteiger charge is 2.27. The molecule has 10 heavy (non-hydrogen) atoms. The van der Waals surface area contributed by atoms with E-state index in [1.807, 2.05) is 0 Å². The maximum Gasteiger partial charge on any atom is 0.409 e. The van der Waals surface area contributed by atoms with E-state index in [1.54, 1.807) is 11.8 Å². The number of carbonyl (C=O) groups excluding carboxylic acids is 1. The molecular weight excluding hydrogens is 130 g/mol. The van der Waals surface area contributed by atoms with Crippen LogP contribution in [0.2, 0.25) is 0 Å². The molecule has 0 aromatic heterocycles. The molecule has 57 valence electrons. The van der Waals surface area contributed by atoms with Crippen molar-refractivity contribution in [2.45, 2.75) is 6.92 Å². The van der Waals surface area contributed by atoms with Crippen LogP contribution in [0.15, 0.2) is 0 Å². The monoisotopic (exact) mass is 142 g/mol. The molecule has 1 aliphatic rings. The predicted molar refractivity (Wildman–Crippen MR) is 37.4 cm³/mol. The molecular formula is C7H12NO2. The average Bonchev–Trinajstić information content (AvgIpc) is 1.82. The van der Waals surface area contributed by atoms with Crippen molar-refractivity contribution in [2.24, 2.45) is 5.92 Å². The molecule has 0 saturated carbocycles. The van der Waals surface area contributed by atoms with Gasteiger partial charge in [-0.05, 0) is 19.8 Å². The Hall–Kier alpha value is -0.730. The van der Waals surface area contributed by atoms with Gasteiger partial charge in [-0.1, -0.05) is 0 Å². The lowest BCUT2D eigenvalue weighted by Crippen LogP contribution is -2.48. The lowest BCUT2D eigenvalue weighted by Gasteiger charge is -2.35. The number of carbonyl (C=O) groups is 1. The van der Waals surface area contributed by atoms with E-state index in [9.17, 15) is 4.79 Å². The fraction of sp³-hybridized carbons (Fsp3) is 0.714. The van der Waals surface area contributed by atoms with E-state index in [1.165, 1.54) is 0 Å². The molecule has 1 amide bonds. The number of nitrogens with zero attached hydrogens (tertiary/aromatic N) is 1. The smallest absolute Gasteiger partial charge is 0.409 e. The Bertz CT molecular complexity index is 130. The molecule has 1 rings (SSSR count). The number of hydrogen-bond acceptors (Lipinski definition) is 2. The Kier molecular flexibility index (Phi) is 2.14. The Morgan fingerprint density at radius 3 is 2.80 bits per heavy atom. The molecule has 0 unspecified atom stereocenters. The van der Waals surface area contributed by atoms with E-state index < -0.39 is 0 Å². The molecule has 3 nitrogen and oxygen atoms in total. The second kappa shape index (κ2) is 2.90. The van der Waals surface area contributed by atoms with Gasteiger partial charge in [-0.25, -0.2) is 4.79 Å². The van der Waals surface area contributed by atoms with E-state index in [2.05, 4.69) is 6.92 Å². The summed E-state index contributed by atoms with van der Waals surface area (Å²) in [5.74, 6) is 0.407. The lowest BCUT2D eigenvalue weighted by atomic mass is 10.0. The molecule has 0 bridgehead atoms. The zero-order chi connectivity index (χ0) is 7.56. The first-order chi connectivity index (χ1) is 4.74. The van der Waals surface area contributed by atoms with Crippen LogP contribution in [0.4, 0.5) is 4.79 Å². The van der Waals surface area contributed by atoms with Crippen LogP contribution < -0.4 is 0 Å². The summed E-state index contributed by atoms with van der Waals surface area (Å²) in [4.78, 5) is 12.5. The molecule has 1 radical (unpaired) electrons. The van der Waals surface area contributed by atoms with Crippen LogP contribution in [0.3, 0.4) is 0 Å². The Morgan fingerprint density at radius 1 is 1.80 bits per heavy atom. The molecule has 3 heteroatoms. The van der Waals surface area contributed by atoms with Crippen molar-refractivity contribution in [2.75, 3.05) is 19.7 Å². The average molecular weight is 142 g/mol. The summed E-state index contributed by atoms with van der Waals surface area (Å²) in [6.07, 6.45) is -0.206. The fourth-order valence-electron chi connectivity index (χ4n) is 0.934. The Labute approximate surface area is 61.0 Å². The van der Waals surface area contributed by atoms with Crippen LogP contribution in [0.25, 0.3) is 0 Å². The number of rotatable bonds is 1. The number of hydrogen-bond donors (Lipinski definition) is 0. The third-order valence-corrected chi connectivity index (χ3v) is 1.48. The highest BCUT2D eigenvalue weighted by atomic mass is 16.6. The molecule has 0 spiro atoms. The van der Waals surface area contributed by atoms with E-state index in [-0.39, 0.29) is 6.09 Å². The van der Waals surface area contributed by atoms with Gasteiger partial charge in [-0.15, -0.1) is 0 Å². The topological polar surface area (TPSA) is 29.5 Å². The maximum absolute atomic E-state index is 10.8. The summed E-state index contributed by atoms with van der Waals surface area (Å²) in [5, 5.41) is 0. The van der Waals surface area contributed by atoms with Crippen LogP contribution in [0, 0.1) is 12.8 Å². The Balaban J connectivity index is 2.18. The van der Waals surface area contributed by atoms with Crippen molar-refractivity contribution in [3.8, 4) is 0 Å². The summed E-state index contributed by atoms with van der Waals surface area (Å²) in [6.45, 7) is 7.55. The van der Waals surface area contributed by atoms with Gasteiger partial charge in [0.25, 0.3) is 0 Å². The van der Waals surface area contributed by atoms with Crippen molar-refractivity contribution >= 4 is 6.09 Å². The third kappa shape index (κ3) is 1.40. The van der Waals surface area contributed by atoms with Gasteiger partial charge in [-0.2, -0.15) is 0 Å². The van der Waals surface area contributed by atoms with Gasteiger partial charge in [0.05, 0.1) is 6.61 Å². The normalized spacial score (nSPS) is 18.4. The fourth-order valence-corrected chi connectivity index (χ4v) is 0.934. The Morgan fingerprint density at radius 2 is 2.40 bits per heavy atom. The largest absolute Gasteiger partial charge is 0.450 e. The van der Waals surface area contributed by atoms with Crippen molar-refractivity contribution in [1.29, 1.82) is 0 Å². The standard InChI is InChI=1S/C7H12NO2/c1-3-10-7(9)8-4-6(2)5-8/h6H,2-5H2,1H3. The van der Waals surface area contributed by atoms with E-state index in [0.29, 0.717) is 12.5 Å². The number of ether oxygens (including phenoxy) is 1. The first-order valence-electron chi connectivity index (χ1n) is 3.48. The van der Waals surface area contributed by atoms with Crippen molar-refractivity contribution < 1.29 is 9.53 Å². The number of amides is 1. The summed E-state index contributed by atoms with van der Waals surface area (Å²) in [7, 11) is 0. The van der Waals surface area contributed by atoms with Crippen LogP contribution in [-0.4, -0.2) is 30.7 Å². The first-order valence-corrected chi connectivity index (χ1v) is 3.48. The molecule has 0 aromatic carbocycles. The van der Waals surface area contributed by atoms with Gasteiger partial charge < -0.3 is 9.64 Å². The summed E-state index contributed by atoms with van der Waals surface area (Å²) in [6, 6.07) is 0. The van der Waals surface area contributed by atoms with Crippen LogP contribution in [0.1, 0.15) is 6.92 Å². The molecule has 0 aromatic rings. The highest BCUT2D eigenvalue weighted by Crippen LogP contribution is 2.14. The van der Waals surface area contributed by atoms with Crippen molar-refractivity contribution in [1.82, 2.24) is 4.90 Å². The number of likely N-dealkylation sites (tertiary alicyclic amines) is 1. The second-order valence-corrected chi connectivity index (χ2v) is 2.47. The van der Waals surface area contributed by atoms with Gasteiger partial charge in [0.2, 0.25) is 0 Å². The molecule has 1 fully saturated rings. The minimum Gasteiger partial charge on any atom is -0.450 e. The van der Waals surface area contributed by atoms with Gasteiger partial charge in [0.1, 0.15) is 0 Å². The minimum atomic E-state index is -0.206. The summed E-state index contributed by atoms with van der Waals surface area (Å²) < 4.78 is 4.75. The summed E-state index contributed by atoms with van der Waals surface area (Å²) in [5.41, 5.74) is 0. The first kappa shape index (κ1) is 7.38. The quantitative estimate of drug-likeness (QED) is 0.544. The molecule has 0 aliphatic carbocycles. The van der Waals surface area contributed by atoms with Crippen LogP contribution >= 0.6 is 0 Å². The van der Waals surface area contributed by atoms with Gasteiger partial charge in [-0.3, -0.25) is 0 Å². The van der Waals surface area contributed by atoms with E-state index in [4.69, 9.17) is 4.74 Å². The highest BCUT2D eigenvalue weighted by molar-refractivity contribution is 5.68. The van der Waals surface area contributed by atoms with Crippen LogP contribution in [0.5, 0.6) is 0 Å². The van der Waals surface area contributed by atoms with Crippen LogP contribution in [-0.2, 0) is 4.74 Å². The zero-order valence-electron chi connectivity index (χ0n) is 6.17. The summed E-state index contributed by atoms with van der Waals surface area (Å²) >= 11 is 0. The van der Waals surface area contributed by atoms with Crippen molar-refractivity contribution in [3.63, 3.8) is 0 Å². The third-order valence-electron chi connectivity index (χ3n) is 1.48.